The summed E-state index contributed by atoms with van der Waals surface area (Å²) in [7, 11) is 3.12. The number of hydrogen-bond acceptors (Lipinski definition) is 5. The summed E-state index contributed by atoms with van der Waals surface area (Å²) in [6.45, 7) is 8.71. The molecule has 5 nitrogen and oxygen atoms in total. The summed E-state index contributed by atoms with van der Waals surface area (Å²) in [6.07, 6.45) is 14.9. The molecule has 0 heterocycles. The lowest BCUT2D eigenvalue weighted by Crippen LogP contribution is -2.10. The van der Waals surface area contributed by atoms with Crippen LogP contribution in [0.15, 0.2) is 59.2 Å². The van der Waals surface area contributed by atoms with Crippen molar-refractivity contribution in [3.05, 3.63) is 64.8 Å². The average Bonchev–Trinajstić information content (AvgIpc) is 2.81. The monoisotopic (exact) mass is 484 g/mol. The Labute approximate surface area is 212 Å². The van der Waals surface area contributed by atoms with Crippen LogP contribution in [0.1, 0.15) is 78.2 Å². The van der Waals surface area contributed by atoms with Crippen LogP contribution in [-0.4, -0.2) is 38.0 Å². The average molecular weight is 485 g/mol. The van der Waals surface area contributed by atoms with Crippen LogP contribution < -0.4 is 9.47 Å². The van der Waals surface area contributed by atoms with Gasteiger partial charge in [0, 0.05) is 20.0 Å². The topological polar surface area (TPSA) is 65.0 Å². The predicted octanol–water partition coefficient (Wildman–Crippen LogP) is 7.21. The highest BCUT2D eigenvalue weighted by atomic mass is 16.7. The summed E-state index contributed by atoms with van der Waals surface area (Å²) >= 11 is 0. The van der Waals surface area contributed by atoms with E-state index in [1.54, 1.807) is 32.4 Å². The Morgan fingerprint density at radius 1 is 0.914 bits per heavy atom. The molecule has 35 heavy (non-hydrogen) atoms. The fourth-order valence-electron chi connectivity index (χ4n) is 3.47. The number of benzene rings is 1. The molecule has 0 saturated carbocycles. The molecular weight excluding hydrogens is 440 g/mol. The maximum absolute atomic E-state index is 12.3. The summed E-state index contributed by atoms with van der Waals surface area (Å²) in [5.41, 5.74) is 4.95. The summed E-state index contributed by atoms with van der Waals surface area (Å²) in [5, 5.41) is 10.2. The first-order valence-electron chi connectivity index (χ1n) is 12.4. The van der Waals surface area contributed by atoms with Crippen LogP contribution in [0.3, 0.4) is 0 Å². The van der Waals surface area contributed by atoms with Gasteiger partial charge in [0.2, 0.25) is 0 Å². The van der Waals surface area contributed by atoms with Gasteiger partial charge >= 0.3 is 0 Å². The maximum Gasteiger partial charge on any atom is 0.188 e. The van der Waals surface area contributed by atoms with Gasteiger partial charge in [0.15, 0.2) is 18.3 Å². The van der Waals surface area contributed by atoms with Crippen molar-refractivity contribution >= 4 is 11.9 Å². The number of ether oxygens (including phenoxy) is 3. The van der Waals surface area contributed by atoms with E-state index in [4.69, 9.17) is 14.2 Å². The van der Waals surface area contributed by atoms with Gasteiger partial charge in [-0.1, -0.05) is 53.2 Å². The van der Waals surface area contributed by atoms with E-state index in [1.165, 1.54) is 16.7 Å². The zero-order chi connectivity index (χ0) is 26.1. The Kier molecular flexibility index (Phi) is 15.4. The van der Waals surface area contributed by atoms with E-state index >= 15 is 0 Å². The minimum atomic E-state index is -0.817. The molecule has 0 aliphatic rings. The third-order valence-electron chi connectivity index (χ3n) is 5.51. The van der Waals surface area contributed by atoms with Gasteiger partial charge in [-0.2, -0.15) is 0 Å². The molecule has 0 aliphatic heterocycles. The molecule has 0 amide bonds. The molecule has 1 rings (SSSR count). The molecule has 0 aliphatic carbocycles. The van der Waals surface area contributed by atoms with Gasteiger partial charge in [0.1, 0.15) is 5.78 Å². The molecule has 1 aromatic carbocycles. The maximum atomic E-state index is 12.3. The van der Waals surface area contributed by atoms with E-state index in [2.05, 4.69) is 45.9 Å². The van der Waals surface area contributed by atoms with Crippen LogP contribution in [0.25, 0.3) is 6.08 Å². The van der Waals surface area contributed by atoms with Crippen molar-refractivity contribution in [1.29, 1.82) is 0 Å². The third kappa shape index (κ3) is 14.4. The minimum Gasteiger partial charge on any atom is -0.493 e. The van der Waals surface area contributed by atoms with Crippen LogP contribution in [0.4, 0.5) is 0 Å². The number of methoxy groups -OCH3 is 2. The Morgan fingerprint density at radius 2 is 1.54 bits per heavy atom. The number of ketones is 1. The Morgan fingerprint density at radius 3 is 2.14 bits per heavy atom. The number of hydrogen-bond donors (Lipinski definition) is 1. The van der Waals surface area contributed by atoms with Crippen molar-refractivity contribution in [2.24, 2.45) is 0 Å². The third-order valence-corrected chi connectivity index (χ3v) is 5.51. The summed E-state index contributed by atoms with van der Waals surface area (Å²) < 4.78 is 15.7. The van der Waals surface area contributed by atoms with Crippen molar-refractivity contribution in [2.75, 3.05) is 21.0 Å². The lowest BCUT2D eigenvalue weighted by molar-refractivity contribution is -0.120. The molecule has 1 aromatic rings. The molecule has 0 saturated heterocycles. The molecule has 1 atom stereocenters. The number of aliphatic hydroxyl groups excluding tert-OH is 1. The molecule has 0 spiro atoms. The first kappa shape index (κ1) is 30.4. The Hall–Kier alpha value is -2.63. The van der Waals surface area contributed by atoms with Gasteiger partial charge in [-0.25, -0.2) is 0 Å². The number of allylic oxidation sites excluding steroid dienone is 6. The van der Waals surface area contributed by atoms with E-state index in [0.29, 0.717) is 24.3 Å². The van der Waals surface area contributed by atoms with Gasteiger partial charge in [-0.3, -0.25) is 4.79 Å². The van der Waals surface area contributed by atoms with Crippen molar-refractivity contribution < 1.29 is 24.1 Å². The lowest BCUT2D eigenvalue weighted by Gasteiger charge is -2.10. The second kappa shape index (κ2) is 17.8. The number of aliphatic hydroxyl groups is 1. The first-order chi connectivity index (χ1) is 16.7. The summed E-state index contributed by atoms with van der Waals surface area (Å²) in [6, 6.07) is 5.45. The van der Waals surface area contributed by atoms with Crippen molar-refractivity contribution in [2.45, 2.75) is 78.7 Å². The normalized spacial score (nSPS) is 13.1. The van der Waals surface area contributed by atoms with E-state index < -0.39 is 6.10 Å². The second-order valence-electron chi connectivity index (χ2n) is 9.13. The van der Waals surface area contributed by atoms with Crippen molar-refractivity contribution in [3.8, 4) is 11.5 Å². The van der Waals surface area contributed by atoms with Gasteiger partial charge in [-0.15, -0.1) is 0 Å². The zero-order valence-electron chi connectivity index (χ0n) is 22.4. The van der Waals surface area contributed by atoms with E-state index in [0.717, 1.165) is 31.2 Å². The molecule has 0 radical (unpaired) electrons. The van der Waals surface area contributed by atoms with Crippen LogP contribution in [0.5, 0.6) is 11.5 Å². The van der Waals surface area contributed by atoms with Crippen LogP contribution in [0.2, 0.25) is 0 Å². The number of carbonyl (C=O) groups is 1. The first-order valence-corrected chi connectivity index (χ1v) is 12.4. The van der Waals surface area contributed by atoms with Crippen LogP contribution >= 0.6 is 0 Å². The SMILES string of the molecule is COCOc1ccc(C=CC(O)CC(=O)CCC=C(C)CCC=C(C)CCC=C(C)C)cc1OC. The summed E-state index contributed by atoms with van der Waals surface area (Å²) in [4.78, 5) is 12.3. The van der Waals surface area contributed by atoms with E-state index in [1.807, 2.05) is 12.1 Å². The standard InChI is InChI=1S/C30H44O5/c1-23(2)10-7-11-24(3)12-8-13-25(4)14-9-15-27(31)21-28(32)18-16-26-17-19-29(35-22-33-5)30(20-26)34-6/h10,12,14,16-20,28,32H,7-9,11,13,15,21-22H2,1-6H3. The quantitative estimate of drug-likeness (QED) is 0.187. The minimum absolute atomic E-state index is 0.0575. The fourth-order valence-corrected chi connectivity index (χ4v) is 3.47. The van der Waals surface area contributed by atoms with Gasteiger partial charge < -0.3 is 19.3 Å². The Bertz CT molecular complexity index is 888. The lowest BCUT2D eigenvalue weighted by atomic mass is 10.0. The van der Waals surface area contributed by atoms with Gasteiger partial charge in [0.25, 0.3) is 0 Å². The second-order valence-corrected chi connectivity index (χ2v) is 9.13. The predicted molar refractivity (Wildman–Crippen MR) is 145 cm³/mol. The fraction of sp³-hybridized carbons (Fsp3) is 0.500. The number of rotatable bonds is 17. The summed E-state index contributed by atoms with van der Waals surface area (Å²) in [5.74, 6) is 1.21. The molecule has 1 N–H and O–H groups in total. The zero-order valence-corrected chi connectivity index (χ0v) is 22.4. The van der Waals surface area contributed by atoms with E-state index in [9.17, 15) is 9.90 Å². The molecular formula is C30H44O5. The van der Waals surface area contributed by atoms with Crippen molar-refractivity contribution in [3.63, 3.8) is 0 Å². The highest BCUT2D eigenvalue weighted by Crippen LogP contribution is 2.28. The molecule has 0 bridgehead atoms. The van der Waals surface area contributed by atoms with Crippen LogP contribution in [0, 0.1) is 0 Å². The molecule has 5 heteroatoms. The Balaban J connectivity index is 2.40. The largest absolute Gasteiger partial charge is 0.493 e. The van der Waals surface area contributed by atoms with Gasteiger partial charge in [-0.05, 0) is 77.5 Å². The molecule has 0 aromatic heterocycles. The van der Waals surface area contributed by atoms with E-state index in [-0.39, 0.29) is 19.0 Å². The van der Waals surface area contributed by atoms with Gasteiger partial charge in [0.05, 0.1) is 13.2 Å². The smallest absolute Gasteiger partial charge is 0.188 e. The molecule has 0 fully saturated rings. The highest BCUT2D eigenvalue weighted by Gasteiger charge is 2.08. The molecule has 1 unspecified atom stereocenters. The number of carbonyl (C=O) groups excluding carboxylic acids is 1. The highest BCUT2D eigenvalue weighted by molar-refractivity contribution is 5.79. The van der Waals surface area contributed by atoms with Crippen LogP contribution in [-0.2, 0) is 9.53 Å². The molecule has 194 valence electrons. The number of Topliss-reactive ketones (excluding diaryl/α,β-unsaturated/α-hetero) is 1. The van der Waals surface area contributed by atoms with Crippen molar-refractivity contribution in [1.82, 2.24) is 0 Å².